The Labute approximate surface area is 107 Å². The van der Waals surface area contributed by atoms with Crippen molar-refractivity contribution in [1.29, 1.82) is 0 Å². The zero-order valence-corrected chi connectivity index (χ0v) is 10.6. The van der Waals surface area contributed by atoms with Crippen LogP contribution in [0.25, 0.3) is 0 Å². The van der Waals surface area contributed by atoms with Gasteiger partial charge in [-0.1, -0.05) is 0 Å². The van der Waals surface area contributed by atoms with E-state index in [2.05, 4.69) is 20.3 Å². The first kappa shape index (κ1) is 14.5. The van der Waals surface area contributed by atoms with E-state index in [1.165, 1.54) is 0 Å². The summed E-state index contributed by atoms with van der Waals surface area (Å²) in [7, 11) is 0. The van der Waals surface area contributed by atoms with Crippen LogP contribution in [0.3, 0.4) is 0 Å². The van der Waals surface area contributed by atoms with Crippen molar-refractivity contribution in [3.05, 3.63) is 11.1 Å². The summed E-state index contributed by atoms with van der Waals surface area (Å²) in [5, 5.41) is 1.65. The van der Waals surface area contributed by atoms with Crippen LogP contribution in [0.4, 0.5) is 19.5 Å². The number of carbonyl (C=O) groups excluding carboxylic acids is 1. The third-order valence-electron chi connectivity index (χ3n) is 1.43. The molecule has 9 heteroatoms. The number of nitrogens with one attached hydrogen (secondary N) is 1. The molecule has 0 aliphatic rings. The summed E-state index contributed by atoms with van der Waals surface area (Å²) in [5.74, 6) is -1.21. The molecule has 0 spiro atoms. The second-order valence-electron chi connectivity index (χ2n) is 4.21. The number of halogens is 3. The van der Waals surface area contributed by atoms with E-state index >= 15 is 0 Å². The van der Waals surface area contributed by atoms with Gasteiger partial charge in [0.05, 0.1) is 0 Å². The van der Waals surface area contributed by atoms with Crippen molar-refractivity contribution in [2.75, 3.05) is 5.32 Å². The Balaban J connectivity index is 2.82. The molecule has 0 aromatic carbocycles. The molecule has 0 saturated carbocycles. The monoisotopic (exact) mass is 280 g/mol. The maximum absolute atomic E-state index is 12.4. The first-order valence-corrected chi connectivity index (χ1v) is 5.25. The number of ether oxygens (including phenoxy) is 1. The fourth-order valence-corrected chi connectivity index (χ4v) is 1.08. The van der Waals surface area contributed by atoms with Gasteiger partial charge < -0.3 is 4.74 Å². The average molecular weight is 281 g/mol. The van der Waals surface area contributed by atoms with E-state index in [0.717, 1.165) is 0 Å². The summed E-state index contributed by atoms with van der Waals surface area (Å²) in [6.07, 6.45) is -3.78. The Kier molecular flexibility index (Phi) is 4.33. The minimum absolute atomic E-state index is 0.389. The van der Waals surface area contributed by atoms with Crippen LogP contribution < -0.4 is 5.32 Å². The molecule has 0 unspecified atom stereocenters. The molecule has 0 radical (unpaired) electrons. The SMILES string of the molecule is CC(C)(C)OC(=O)Nc1nc(Cl)nc(C(F)F)n1. The molecule has 0 atom stereocenters. The van der Waals surface area contributed by atoms with Crippen molar-refractivity contribution < 1.29 is 18.3 Å². The summed E-state index contributed by atoms with van der Waals surface area (Å²) < 4.78 is 29.7. The number of aromatic nitrogens is 3. The number of hydrogen-bond acceptors (Lipinski definition) is 5. The van der Waals surface area contributed by atoms with Gasteiger partial charge in [-0.3, -0.25) is 5.32 Å². The van der Waals surface area contributed by atoms with Crippen molar-refractivity contribution >= 4 is 23.6 Å². The number of anilines is 1. The largest absolute Gasteiger partial charge is 0.444 e. The first-order valence-electron chi connectivity index (χ1n) is 4.87. The lowest BCUT2D eigenvalue weighted by Crippen LogP contribution is -2.28. The van der Waals surface area contributed by atoms with E-state index in [-0.39, 0.29) is 5.95 Å². The van der Waals surface area contributed by atoms with Gasteiger partial charge in [0.1, 0.15) is 5.60 Å². The Hall–Kier alpha value is -1.57. The highest BCUT2D eigenvalue weighted by Crippen LogP contribution is 2.17. The number of rotatable bonds is 2. The van der Waals surface area contributed by atoms with E-state index in [1.807, 2.05) is 0 Å². The normalized spacial score (nSPS) is 11.5. The minimum Gasteiger partial charge on any atom is -0.444 e. The molecule has 1 N–H and O–H groups in total. The lowest BCUT2D eigenvalue weighted by atomic mass is 10.2. The molecule has 0 bridgehead atoms. The van der Waals surface area contributed by atoms with Gasteiger partial charge in [-0.05, 0) is 32.4 Å². The number of amides is 1. The van der Waals surface area contributed by atoms with Gasteiger partial charge in [-0.15, -0.1) is 0 Å². The number of carbonyl (C=O) groups is 1. The van der Waals surface area contributed by atoms with Crippen LogP contribution in [0.2, 0.25) is 5.28 Å². The number of nitrogens with zero attached hydrogens (tertiary/aromatic N) is 3. The van der Waals surface area contributed by atoms with Crippen molar-refractivity contribution in [2.45, 2.75) is 32.8 Å². The summed E-state index contributed by atoms with van der Waals surface area (Å²) >= 11 is 5.42. The van der Waals surface area contributed by atoms with Gasteiger partial charge in [0.25, 0.3) is 6.43 Å². The summed E-state index contributed by atoms with van der Waals surface area (Å²) in [5.41, 5.74) is -0.730. The van der Waals surface area contributed by atoms with Crippen molar-refractivity contribution in [1.82, 2.24) is 15.0 Å². The van der Waals surface area contributed by atoms with Crippen LogP contribution in [0.15, 0.2) is 0 Å². The molecule has 1 amide bonds. The van der Waals surface area contributed by atoms with E-state index in [9.17, 15) is 13.6 Å². The molecule has 1 heterocycles. The quantitative estimate of drug-likeness (QED) is 0.901. The van der Waals surface area contributed by atoms with E-state index in [0.29, 0.717) is 0 Å². The average Bonchev–Trinajstić information content (AvgIpc) is 2.12. The predicted octanol–water partition coefficient (Wildman–Crippen LogP) is 2.81. The molecule has 0 aliphatic heterocycles. The molecule has 6 nitrogen and oxygen atoms in total. The molecule has 18 heavy (non-hydrogen) atoms. The summed E-state index contributed by atoms with van der Waals surface area (Å²) in [6.45, 7) is 4.95. The Bertz CT molecular complexity index is 451. The maximum Gasteiger partial charge on any atom is 0.414 e. The summed E-state index contributed by atoms with van der Waals surface area (Å²) in [6, 6.07) is 0. The predicted molar refractivity (Wildman–Crippen MR) is 59.7 cm³/mol. The van der Waals surface area contributed by atoms with E-state index in [4.69, 9.17) is 16.3 Å². The highest BCUT2D eigenvalue weighted by molar-refractivity contribution is 6.28. The molecule has 1 aromatic heterocycles. The fraction of sp³-hybridized carbons (Fsp3) is 0.556. The Morgan fingerprint density at radius 1 is 1.33 bits per heavy atom. The highest BCUT2D eigenvalue weighted by atomic mass is 35.5. The number of hydrogen-bond donors (Lipinski definition) is 1. The molecule has 0 fully saturated rings. The van der Waals surface area contributed by atoms with Crippen molar-refractivity contribution in [3.8, 4) is 0 Å². The Morgan fingerprint density at radius 2 is 1.94 bits per heavy atom. The second-order valence-corrected chi connectivity index (χ2v) is 4.55. The van der Waals surface area contributed by atoms with Gasteiger partial charge in [-0.25, -0.2) is 13.6 Å². The molecule has 100 valence electrons. The van der Waals surface area contributed by atoms with Gasteiger partial charge in [0.15, 0.2) is 0 Å². The maximum atomic E-state index is 12.4. The molecule has 0 saturated heterocycles. The van der Waals surface area contributed by atoms with Gasteiger partial charge >= 0.3 is 6.09 Å². The van der Waals surface area contributed by atoms with Gasteiger partial charge in [0.2, 0.25) is 17.1 Å². The molecule has 1 rings (SSSR count). The first-order chi connectivity index (χ1) is 8.17. The fourth-order valence-electron chi connectivity index (χ4n) is 0.914. The van der Waals surface area contributed by atoms with Crippen LogP contribution in [0.1, 0.15) is 33.0 Å². The van der Waals surface area contributed by atoms with Gasteiger partial charge in [0, 0.05) is 0 Å². The smallest absolute Gasteiger partial charge is 0.414 e. The lowest BCUT2D eigenvalue weighted by molar-refractivity contribution is 0.0634. The molecule has 0 aliphatic carbocycles. The van der Waals surface area contributed by atoms with Crippen LogP contribution in [0.5, 0.6) is 0 Å². The standard InChI is InChI=1S/C9H11ClF2N4O2/c1-9(2,3)18-8(17)16-7-14-5(4(11)12)13-6(10)15-7/h4H,1-3H3,(H,13,14,15,16,17). The van der Waals surface area contributed by atoms with Gasteiger partial charge in [-0.2, -0.15) is 15.0 Å². The van der Waals surface area contributed by atoms with E-state index < -0.39 is 29.2 Å². The third-order valence-corrected chi connectivity index (χ3v) is 1.60. The molecular formula is C9H11ClF2N4O2. The third kappa shape index (κ3) is 4.74. The topological polar surface area (TPSA) is 77.0 Å². The minimum atomic E-state index is -2.91. The lowest BCUT2D eigenvalue weighted by Gasteiger charge is -2.19. The molecule has 1 aromatic rings. The zero-order valence-electron chi connectivity index (χ0n) is 9.87. The summed E-state index contributed by atoms with van der Waals surface area (Å²) in [4.78, 5) is 21.4. The van der Waals surface area contributed by atoms with Crippen molar-refractivity contribution in [2.24, 2.45) is 0 Å². The van der Waals surface area contributed by atoms with Crippen LogP contribution in [-0.2, 0) is 4.74 Å². The van der Waals surface area contributed by atoms with Crippen LogP contribution in [0, 0.1) is 0 Å². The highest BCUT2D eigenvalue weighted by Gasteiger charge is 2.19. The zero-order chi connectivity index (χ0) is 13.9. The van der Waals surface area contributed by atoms with Crippen LogP contribution in [-0.4, -0.2) is 26.6 Å². The Morgan fingerprint density at radius 3 is 2.44 bits per heavy atom. The van der Waals surface area contributed by atoms with E-state index in [1.54, 1.807) is 20.8 Å². The molecular weight excluding hydrogens is 270 g/mol. The van der Waals surface area contributed by atoms with Crippen molar-refractivity contribution in [3.63, 3.8) is 0 Å². The van der Waals surface area contributed by atoms with Crippen LogP contribution >= 0.6 is 11.6 Å². The number of alkyl halides is 2. The second kappa shape index (κ2) is 5.38.